The molecule has 3 aliphatic rings. The number of hydrogen-bond acceptors (Lipinski definition) is 26. The second-order valence-corrected chi connectivity index (χ2v) is 24.9. The fourth-order valence-electron chi connectivity index (χ4n) is 11.1. The van der Waals surface area contributed by atoms with Crippen molar-refractivity contribution in [2.45, 2.75) is 151 Å². The number of amides is 8. The van der Waals surface area contributed by atoms with E-state index in [4.69, 9.17) is 30.4 Å². The molecule has 96 heavy (non-hydrogen) atoms. The fraction of sp³-hybridized carbons (Fsp3) is 0.525. The number of ether oxygens (including phenoxy) is 2. The fourth-order valence-corrected chi connectivity index (χ4v) is 12.2. The van der Waals surface area contributed by atoms with Gasteiger partial charge in [-0.1, -0.05) is 65.1 Å². The minimum absolute atomic E-state index is 0.000792. The van der Waals surface area contributed by atoms with E-state index >= 15 is 0 Å². The smallest absolute Gasteiger partial charge is 0.261 e. The molecular weight excluding hydrogens is 1300 g/mol. The zero-order valence-electron chi connectivity index (χ0n) is 52.8. The molecule has 33 nitrogen and oxygen atoms in total. The summed E-state index contributed by atoms with van der Waals surface area (Å²) < 4.78 is 20.4. The molecule has 0 spiro atoms. The van der Waals surface area contributed by atoms with Crippen molar-refractivity contribution in [1.82, 2.24) is 46.6 Å². The summed E-state index contributed by atoms with van der Waals surface area (Å²) in [6.45, 7) is 1.84. The van der Waals surface area contributed by atoms with Gasteiger partial charge in [0, 0.05) is 81.8 Å². The molecular formula is C61H82N12O21S2. The molecule has 0 radical (unpaired) electrons. The highest BCUT2D eigenvalue weighted by molar-refractivity contribution is 7.90. The number of nitrogens with zero attached hydrogens (tertiary/aromatic N) is 5. The molecule has 3 aromatic carbocycles. The number of rotatable bonds is 27. The van der Waals surface area contributed by atoms with Crippen LogP contribution in [-0.2, 0) is 54.1 Å². The lowest BCUT2D eigenvalue weighted by Crippen LogP contribution is -2.64. The van der Waals surface area contributed by atoms with Crippen molar-refractivity contribution in [2.75, 3.05) is 46.5 Å². The molecule has 3 aliphatic heterocycles. The number of unbranched alkanes of at least 4 members (excludes halogenated alkanes) is 4. The number of aromatic hydroxyl groups is 1. The molecule has 4 heterocycles. The lowest BCUT2D eigenvalue weighted by molar-refractivity contribution is -0.433. The zero-order chi connectivity index (χ0) is 69.8. The molecule has 13 atom stereocenters. The Morgan fingerprint density at radius 1 is 0.771 bits per heavy atom. The van der Waals surface area contributed by atoms with Crippen LogP contribution in [0.3, 0.4) is 0 Å². The van der Waals surface area contributed by atoms with E-state index in [1.165, 1.54) is 36.5 Å². The number of amidine groups is 1. The number of aromatic nitrogens is 2. The quantitative estimate of drug-likeness (QED) is 0.00806. The standard InChI is InChI=1S/C61H82N12O21S2/c1-31-29-73-51(52(31)81)57(86)65-28-37(75)25-40(66-53(82)34-10-12-35(13-11-34)58-70-71-59(95-58)36-14-16-39(17-15-36)91-22-8-6-4-5-7-21-90-3)54(83)67-48(32(2)74)60(87)72-30-38(76)26-41(72)55(84)68-49(44(79)23-33-9-18-42(77)45(24-33)92-96-94-93-89)56(85)69-50(61(73)88)43(78)19-20-64-46(62)27-47(63)80/h9-18,24,31-32,37-38,40-41,43-44,48-52,74-79,81,89H,4-8,19-23,25-30H2,1-3H3,(H2,62,64)(H2,63,80)(H,65,86)(H,66,82)(H,67,83)(H,68,84)(H,69,85)/t31-,32-,37-,38+,40+,41+,43-,44-,48+,49+,50+,51+,52+/m1/s1. The Bertz CT molecular complexity index is 3330. The van der Waals surface area contributed by atoms with Crippen LogP contribution >= 0.6 is 23.7 Å². The number of aliphatic hydroxyl groups excluding tert-OH is 6. The highest BCUT2D eigenvalue weighted by Gasteiger charge is 2.50. The zero-order valence-corrected chi connectivity index (χ0v) is 54.4. The molecule has 1 aromatic heterocycles. The number of primary amides is 1. The normalized spacial score (nSPS) is 24.3. The molecule has 35 heteroatoms. The Kier molecular flexibility index (Phi) is 28.4. The summed E-state index contributed by atoms with van der Waals surface area (Å²) >= 11 is 1.35. The van der Waals surface area contributed by atoms with Crippen LogP contribution in [0, 0.1) is 5.92 Å². The third-order valence-electron chi connectivity index (χ3n) is 16.2. The predicted molar refractivity (Wildman–Crippen MR) is 342 cm³/mol. The van der Waals surface area contributed by atoms with Crippen molar-refractivity contribution in [1.29, 1.82) is 0 Å². The van der Waals surface area contributed by atoms with E-state index < -0.39 is 184 Å². The van der Waals surface area contributed by atoms with Crippen molar-refractivity contribution in [3.63, 3.8) is 0 Å². The lowest BCUT2D eigenvalue weighted by atomic mass is 9.98. The second-order valence-electron chi connectivity index (χ2n) is 23.5. The average molecular weight is 1380 g/mol. The van der Waals surface area contributed by atoms with Gasteiger partial charge >= 0.3 is 0 Å². The summed E-state index contributed by atoms with van der Waals surface area (Å²) in [6, 6.07) is 5.46. The van der Waals surface area contributed by atoms with Gasteiger partial charge in [-0.3, -0.25) is 43.3 Å². The van der Waals surface area contributed by atoms with E-state index in [9.17, 15) is 74.1 Å². The Balaban J connectivity index is 1.17. The van der Waals surface area contributed by atoms with Gasteiger partial charge in [-0.15, -0.1) is 10.2 Å². The van der Waals surface area contributed by atoms with Crippen LogP contribution in [0.15, 0.2) is 71.7 Å². The summed E-state index contributed by atoms with van der Waals surface area (Å²) in [5, 5.41) is 114. The first kappa shape index (κ1) is 75.2. The number of nitrogens with two attached hydrogens (primary N) is 2. The lowest BCUT2D eigenvalue weighted by Gasteiger charge is -2.34. The number of β-amino-alcohol motifs (C(OH)–C–C–N with tert-alkyl or cyclic N) is 1. The van der Waals surface area contributed by atoms with Crippen LogP contribution in [0.25, 0.3) is 21.1 Å². The van der Waals surface area contributed by atoms with E-state index in [1.54, 1.807) is 19.2 Å². The largest absolute Gasteiger partial charge is 0.504 e. The number of aliphatic hydroxyl groups is 6. The molecule has 17 N–H and O–H groups in total. The Morgan fingerprint density at radius 2 is 1.41 bits per heavy atom. The van der Waals surface area contributed by atoms with Gasteiger partial charge < -0.3 is 97.3 Å². The molecule has 7 rings (SSSR count). The summed E-state index contributed by atoms with van der Waals surface area (Å²) in [4.78, 5) is 119. The third-order valence-corrected chi connectivity index (χ3v) is 17.6. The molecule has 0 aliphatic carbocycles. The highest BCUT2D eigenvalue weighted by Crippen LogP contribution is 2.33. The number of aliphatic imine (C=N–C) groups is 1. The van der Waals surface area contributed by atoms with Crippen LogP contribution < -0.4 is 47.0 Å². The summed E-state index contributed by atoms with van der Waals surface area (Å²) in [7, 11) is 1.69. The van der Waals surface area contributed by atoms with Crippen molar-refractivity contribution in [2.24, 2.45) is 22.4 Å². The number of hydrogen-bond donors (Lipinski definition) is 15. The number of nitrogens with one attached hydrogen (secondary N) is 5. The Hall–Kier alpha value is -8.20. The van der Waals surface area contributed by atoms with E-state index in [2.05, 4.69) is 51.1 Å². The van der Waals surface area contributed by atoms with Gasteiger partial charge in [0.25, 0.3) is 18.2 Å². The number of carbonyl (C=O) groups excluding carboxylic acids is 8. The van der Waals surface area contributed by atoms with Crippen molar-refractivity contribution in [3.8, 4) is 38.4 Å². The van der Waals surface area contributed by atoms with E-state index in [0.29, 0.717) is 27.9 Å². The number of fused-ring (bicyclic) bond motifs is 2. The second kappa shape index (κ2) is 36.2. The van der Waals surface area contributed by atoms with Gasteiger partial charge in [-0.25, -0.2) is 5.26 Å². The third kappa shape index (κ3) is 20.9. The van der Waals surface area contributed by atoms with E-state index in [1.807, 2.05) is 24.3 Å². The molecule has 8 amide bonds. The van der Waals surface area contributed by atoms with Crippen LogP contribution in [0.1, 0.15) is 87.6 Å². The van der Waals surface area contributed by atoms with Crippen molar-refractivity contribution < 1.29 is 102 Å². The van der Waals surface area contributed by atoms with E-state index in [0.717, 1.165) is 73.1 Å². The molecule has 524 valence electrons. The molecule has 4 aromatic rings. The molecule has 3 fully saturated rings. The van der Waals surface area contributed by atoms with Crippen LogP contribution in [-0.4, -0.2) is 233 Å². The topological polar surface area (TPSA) is 501 Å². The predicted octanol–water partition coefficient (Wildman–Crippen LogP) is -1.51. The molecule has 0 saturated carbocycles. The first-order valence-corrected chi connectivity index (χ1v) is 32.4. The maximum Gasteiger partial charge on any atom is 0.261 e. The van der Waals surface area contributed by atoms with Crippen LogP contribution in [0.5, 0.6) is 17.2 Å². The summed E-state index contributed by atoms with van der Waals surface area (Å²) in [5.41, 5.74) is 12.5. The summed E-state index contributed by atoms with van der Waals surface area (Å²) in [6.07, 6.45) is -8.23. The minimum atomic E-state index is -2.18. The maximum absolute atomic E-state index is 15.0. The number of phenolic OH excluding ortho intramolecular Hbond substituents is 1. The maximum atomic E-state index is 15.0. The number of benzene rings is 3. The molecule has 0 bridgehead atoms. The molecule has 0 unspecified atom stereocenters. The van der Waals surface area contributed by atoms with Gasteiger partial charge in [-0.2, -0.15) is 0 Å². The minimum Gasteiger partial charge on any atom is -0.504 e. The number of phenols is 1. The molecule has 3 saturated heterocycles. The van der Waals surface area contributed by atoms with Gasteiger partial charge in [0.2, 0.25) is 41.4 Å². The van der Waals surface area contributed by atoms with Gasteiger partial charge in [0.05, 0.1) is 49.7 Å². The highest BCUT2D eigenvalue weighted by atomic mass is 32.2. The first-order chi connectivity index (χ1) is 45.9. The monoisotopic (exact) mass is 1380 g/mol. The Labute approximate surface area is 559 Å². The SMILES string of the molecule is COCCCCCCCOc1ccc(-c2nnc(-c3ccc(C(=O)N[C@H]4C[C@@H](O)CNC(=O)[C@@H]5[C@@H](O)[C@H](C)CN5C(=O)[C@H]([C@H](O)CCN=C(N)CC(N)=O)NC(=O)[C@H]([C@H](O)Cc5ccc(O)c(OSOOO)c5)NC(=O)[C@@H]5C[C@H](O)CN5C(=O)[C@H]([C@@H](C)O)NC4=O)cc3)s2)cc1. The van der Waals surface area contributed by atoms with Crippen LogP contribution in [0.4, 0.5) is 0 Å². The first-order valence-electron chi connectivity index (χ1n) is 30.9. The number of carbonyl (C=O) groups is 8. The van der Waals surface area contributed by atoms with Crippen molar-refractivity contribution in [3.05, 3.63) is 77.9 Å². The summed E-state index contributed by atoms with van der Waals surface area (Å²) in [5.74, 6) is -10.2. The van der Waals surface area contributed by atoms with Crippen LogP contribution in [0.2, 0.25) is 0 Å². The van der Waals surface area contributed by atoms with Gasteiger partial charge in [-0.05, 0) is 80.3 Å². The Morgan fingerprint density at radius 3 is 2.06 bits per heavy atom. The average Bonchev–Trinajstić information content (AvgIpc) is 1.62. The van der Waals surface area contributed by atoms with E-state index in [-0.39, 0.29) is 41.6 Å². The van der Waals surface area contributed by atoms with Gasteiger partial charge in [0.1, 0.15) is 57.9 Å². The van der Waals surface area contributed by atoms with Crippen molar-refractivity contribution >= 4 is 76.8 Å². The van der Waals surface area contributed by atoms with Gasteiger partial charge in [0.15, 0.2) is 11.5 Å². The number of methoxy groups -OCH3 is 1.